The molecule has 0 fully saturated rings. The molecule has 0 bridgehead atoms. The molecule has 3 aromatic carbocycles. The molecule has 1 amide bonds. The van der Waals surface area contributed by atoms with E-state index in [0.29, 0.717) is 21.3 Å². The van der Waals surface area contributed by atoms with Gasteiger partial charge in [-0.3, -0.25) is 9.10 Å². The number of benzene rings is 3. The van der Waals surface area contributed by atoms with Gasteiger partial charge < -0.3 is 4.57 Å². The summed E-state index contributed by atoms with van der Waals surface area (Å²) in [5.74, 6) is -0.420. The van der Waals surface area contributed by atoms with Crippen molar-refractivity contribution in [3.63, 3.8) is 0 Å². The number of carbonyl (C=O) groups excluding carboxylic acids is 1. The van der Waals surface area contributed by atoms with E-state index in [1.165, 1.54) is 4.31 Å². The number of aromatic nitrogens is 1. The van der Waals surface area contributed by atoms with Crippen LogP contribution in [0, 0.1) is 20.8 Å². The van der Waals surface area contributed by atoms with Gasteiger partial charge in [0, 0.05) is 27.5 Å². The summed E-state index contributed by atoms with van der Waals surface area (Å²) < 4.78 is 28.3. The number of hydrogen-bond acceptors (Lipinski definition) is 4. The fourth-order valence-electron chi connectivity index (χ4n) is 4.22. The quantitative estimate of drug-likeness (QED) is 0.192. The fraction of sp³-hybridized carbons (Fsp3) is 0.172. The standard InChI is InChI=1S/C29H28Cl2N4O3S/c1-19-5-7-22(8-6-19)18-34(39(4,37)38)26-12-9-23(10-13-26)29(36)33-32-17-24-15-20(2)35(21(24)3)28-14-11-25(30)16-27(28)31/h5-17H,18H2,1-4H3,(H,33,36)/b32-17-. The summed E-state index contributed by atoms with van der Waals surface area (Å²) in [6.07, 6.45) is 2.73. The second kappa shape index (κ2) is 11.7. The lowest BCUT2D eigenvalue weighted by atomic mass is 10.1. The van der Waals surface area contributed by atoms with E-state index >= 15 is 0 Å². The predicted octanol–water partition coefficient (Wildman–Crippen LogP) is 6.44. The summed E-state index contributed by atoms with van der Waals surface area (Å²) in [6.45, 7) is 6.05. The Morgan fingerprint density at radius 1 is 0.974 bits per heavy atom. The molecule has 202 valence electrons. The molecule has 7 nitrogen and oxygen atoms in total. The first-order valence-corrected chi connectivity index (χ1v) is 14.7. The smallest absolute Gasteiger partial charge is 0.271 e. The van der Waals surface area contributed by atoms with Crippen molar-refractivity contribution in [3.8, 4) is 5.69 Å². The van der Waals surface area contributed by atoms with Crippen molar-refractivity contribution in [3.05, 3.63) is 116 Å². The zero-order chi connectivity index (χ0) is 28.3. The van der Waals surface area contributed by atoms with Crippen LogP contribution >= 0.6 is 23.2 Å². The second-order valence-electron chi connectivity index (χ2n) is 9.26. The van der Waals surface area contributed by atoms with Crippen LogP contribution in [0.5, 0.6) is 0 Å². The number of anilines is 1. The van der Waals surface area contributed by atoms with Crippen LogP contribution in [0.1, 0.15) is 38.4 Å². The highest BCUT2D eigenvalue weighted by Crippen LogP contribution is 2.28. The van der Waals surface area contributed by atoms with Gasteiger partial charge in [0.25, 0.3) is 5.91 Å². The Labute approximate surface area is 238 Å². The van der Waals surface area contributed by atoms with Crippen molar-refractivity contribution in [2.75, 3.05) is 10.6 Å². The Morgan fingerprint density at radius 3 is 2.26 bits per heavy atom. The van der Waals surface area contributed by atoms with Crippen molar-refractivity contribution in [1.29, 1.82) is 0 Å². The van der Waals surface area contributed by atoms with E-state index in [-0.39, 0.29) is 6.54 Å². The zero-order valence-electron chi connectivity index (χ0n) is 21.9. The van der Waals surface area contributed by atoms with Crippen molar-refractivity contribution >= 4 is 51.0 Å². The van der Waals surface area contributed by atoms with Crippen LogP contribution in [0.25, 0.3) is 5.69 Å². The number of halogens is 2. The first-order chi connectivity index (χ1) is 18.4. The van der Waals surface area contributed by atoms with Gasteiger partial charge in [0.1, 0.15) is 0 Å². The molecular weight excluding hydrogens is 555 g/mol. The second-order valence-corrected chi connectivity index (χ2v) is 12.0. The van der Waals surface area contributed by atoms with Gasteiger partial charge in [0.15, 0.2) is 0 Å². The molecule has 0 spiro atoms. The number of hydrogen-bond donors (Lipinski definition) is 1. The Hall–Kier alpha value is -3.59. The van der Waals surface area contributed by atoms with Crippen LogP contribution in [-0.2, 0) is 16.6 Å². The molecule has 39 heavy (non-hydrogen) atoms. The number of amides is 1. The van der Waals surface area contributed by atoms with E-state index in [4.69, 9.17) is 23.2 Å². The maximum Gasteiger partial charge on any atom is 0.271 e. The van der Waals surface area contributed by atoms with Gasteiger partial charge in [0.05, 0.1) is 35.4 Å². The minimum atomic E-state index is -3.54. The minimum Gasteiger partial charge on any atom is -0.316 e. The lowest BCUT2D eigenvalue weighted by Crippen LogP contribution is -2.29. The third-order valence-corrected chi connectivity index (χ3v) is 7.93. The maximum absolute atomic E-state index is 12.7. The summed E-state index contributed by atoms with van der Waals surface area (Å²) in [5.41, 5.74) is 8.75. The van der Waals surface area contributed by atoms with Crippen LogP contribution in [0.3, 0.4) is 0 Å². The van der Waals surface area contributed by atoms with Crippen molar-refractivity contribution in [1.82, 2.24) is 9.99 Å². The predicted molar refractivity (Wildman–Crippen MR) is 159 cm³/mol. The van der Waals surface area contributed by atoms with E-state index < -0.39 is 15.9 Å². The molecule has 1 aromatic heterocycles. The van der Waals surface area contributed by atoms with E-state index in [1.807, 2.05) is 61.7 Å². The van der Waals surface area contributed by atoms with Crippen LogP contribution in [0.2, 0.25) is 10.0 Å². The summed E-state index contributed by atoms with van der Waals surface area (Å²) in [7, 11) is -3.54. The number of sulfonamides is 1. The molecule has 1 N–H and O–H groups in total. The summed E-state index contributed by atoms with van der Waals surface area (Å²) in [5, 5.41) is 5.21. The molecule has 0 aliphatic rings. The van der Waals surface area contributed by atoms with Gasteiger partial charge >= 0.3 is 0 Å². The average molecular weight is 584 g/mol. The molecule has 1 heterocycles. The van der Waals surface area contributed by atoms with Crippen molar-refractivity contribution in [2.45, 2.75) is 27.3 Å². The van der Waals surface area contributed by atoms with Crippen LogP contribution in [0.4, 0.5) is 5.69 Å². The number of hydrazone groups is 1. The van der Waals surface area contributed by atoms with Gasteiger partial charge in [-0.05, 0) is 74.9 Å². The van der Waals surface area contributed by atoms with Crippen molar-refractivity contribution in [2.24, 2.45) is 5.10 Å². The summed E-state index contributed by atoms with van der Waals surface area (Å²) >= 11 is 12.4. The molecule has 4 aromatic rings. The van der Waals surface area contributed by atoms with Crippen LogP contribution < -0.4 is 9.73 Å². The van der Waals surface area contributed by atoms with Crippen LogP contribution in [-0.4, -0.2) is 31.4 Å². The Bertz CT molecular complexity index is 1650. The molecule has 0 atom stereocenters. The molecule has 0 saturated carbocycles. The third kappa shape index (κ3) is 6.71. The largest absolute Gasteiger partial charge is 0.316 e. The van der Waals surface area contributed by atoms with Gasteiger partial charge in [-0.25, -0.2) is 13.8 Å². The van der Waals surface area contributed by atoms with Crippen LogP contribution in [0.15, 0.2) is 77.9 Å². The number of nitrogens with zero attached hydrogens (tertiary/aromatic N) is 3. The third-order valence-electron chi connectivity index (χ3n) is 6.26. The SMILES string of the molecule is Cc1ccc(CN(c2ccc(C(=O)N/N=C\c3cc(C)n(-c4ccc(Cl)cc4Cl)c3C)cc2)S(C)(=O)=O)cc1. The average Bonchev–Trinajstić information content (AvgIpc) is 3.15. The number of carbonyl (C=O) groups is 1. The Kier molecular flexibility index (Phi) is 8.49. The molecule has 10 heteroatoms. The molecule has 0 unspecified atom stereocenters. The molecule has 0 saturated heterocycles. The monoisotopic (exact) mass is 582 g/mol. The number of rotatable bonds is 8. The van der Waals surface area contributed by atoms with Gasteiger partial charge in [-0.2, -0.15) is 5.10 Å². The first-order valence-electron chi connectivity index (χ1n) is 12.0. The normalized spacial score (nSPS) is 11.6. The van der Waals surface area contributed by atoms with E-state index in [2.05, 4.69) is 10.5 Å². The lowest BCUT2D eigenvalue weighted by Gasteiger charge is -2.22. The maximum atomic E-state index is 12.7. The first kappa shape index (κ1) is 28.4. The molecular formula is C29H28Cl2N4O3S. The van der Waals surface area contributed by atoms with E-state index in [0.717, 1.165) is 40.0 Å². The van der Waals surface area contributed by atoms with Gasteiger partial charge in [0.2, 0.25) is 10.0 Å². The Balaban J connectivity index is 1.47. The number of aryl methyl sites for hydroxylation is 2. The topological polar surface area (TPSA) is 83.8 Å². The molecule has 0 aliphatic heterocycles. The highest BCUT2D eigenvalue weighted by Gasteiger charge is 2.19. The molecule has 0 aliphatic carbocycles. The lowest BCUT2D eigenvalue weighted by molar-refractivity contribution is 0.0955. The van der Waals surface area contributed by atoms with Gasteiger partial charge in [-0.15, -0.1) is 0 Å². The zero-order valence-corrected chi connectivity index (χ0v) is 24.3. The molecule has 0 radical (unpaired) electrons. The Morgan fingerprint density at radius 2 is 1.64 bits per heavy atom. The number of nitrogens with one attached hydrogen (secondary N) is 1. The summed E-state index contributed by atoms with van der Waals surface area (Å²) in [6, 6.07) is 21.3. The summed E-state index contributed by atoms with van der Waals surface area (Å²) in [4.78, 5) is 12.7. The van der Waals surface area contributed by atoms with Crippen molar-refractivity contribution < 1.29 is 13.2 Å². The van der Waals surface area contributed by atoms with E-state index in [1.54, 1.807) is 42.6 Å². The fourth-order valence-corrected chi connectivity index (χ4v) is 5.60. The van der Waals surface area contributed by atoms with E-state index in [9.17, 15) is 13.2 Å². The molecule has 4 rings (SSSR count). The highest BCUT2D eigenvalue weighted by atomic mass is 35.5. The minimum absolute atomic E-state index is 0.189. The highest BCUT2D eigenvalue weighted by molar-refractivity contribution is 7.92. The van der Waals surface area contributed by atoms with Gasteiger partial charge in [-0.1, -0.05) is 53.0 Å².